The summed E-state index contributed by atoms with van der Waals surface area (Å²) in [6.07, 6.45) is 0.840. The van der Waals surface area contributed by atoms with Crippen LogP contribution in [0.4, 0.5) is 5.69 Å². The summed E-state index contributed by atoms with van der Waals surface area (Å²) in [6, 6.07) is 17.1. The van der Waals surface area contributed by atoms with E-state index in [1.165, 1.54) is 0 Å². The van der Waals surface area contributed by atoms with Crippen molar-refractivity contribution >= 4 is 34.1 Å². The molecule has 0 radical (unpaired) electrons. The largest absolute Gasteiger partial charge is 0.477 e. The Hall–Kier alpha value is -3.34. The monoisotopic (exact) mass is 477 g/mol. The summed E-state index contributed by atoms with van der Waals surface area (Å²) in [4.78, 5) is 23.7. The second-order valence-corrected chi connectivity index (χ2v) is 9.00. The molecule has 0 N–H and O–H groups in total. The number of benzene rings is 2. The van der Waals surface area contributed by atoms with Crippen LogP contribution in [0.3, 0.4) is 0 Å². The Balaban J connectivity index is 1.56. The first-order valence-corrected chi connectivity index (χ1v) is 11.8. The molecule has 176 valence electrons. The van der Waals surface area contributed by atoms with Crippen molar-refractivity contribution in [2.45, 2.75) is 6.42 Å². The summed E-state index contributed by atoms with van der Waals surface area (Å²) in [6.45, 7) is 3.72. The Morgan fingerprint density at radius 3 is 2.50 bits per heavy atom. The van der Waals surface area contributed by atoms with Crippen LogP contribution in [-0.4, -0.2) is 74.1 Å². The van der Waals surface area contributed by atoms with Crippen LogP contribution in [0.2, 0.25) is 5.02 Å². The van der Waals surface area contributed by atoms with Crippen LogP contribution >= 0.6 is 11.6 Å². The molecule has 1 aromatic heterocycles. The molecule has 0 unspecified atom stereocenters. The van der Waals surface area contributed by atoms with Gasteiger partial charge in [-0.15, -0.1) is 0 Å². The minimum absolute atomic E-state index is 0.0127. The zero-order chi connectivity index (χ0) is 24.1. The van der Waals surface area contributed by atoms with Crippen LogP contribution in [0.5, 0.6) is 5.88 Å². The number of carbonyl (C=O) groups is 1. The topological polar surface area (TPSA) is 72.7 Å². The number of amides is 1. The summed E-state index contributed by atoms with van der Waals surface area (Å²) >= 11 is 5.96. The number of anilines is 1. The second kappa shape index (κ2) is 10.7. The third-order valence-electron chi connectivity index (χ3n) is 5.91. The number of hydrogen-bond acceptors (Lipinski definition) is 6. The predicted molar refractivity (Wildman–Crippen MR) is 135 cm³/mol. The summed E-state index contributed by atoms with van der Waals surface area (Å²) in [5.41, 5.74) is 2.69. The van der Waals surface area contributed by atoms with Crippen molar-refractivity contribution in [1.29, 1.82) is 5.26 Å². The van der Waals surface area contributed by atoms with Crippen LogP contribution in [0, 0.1) is 11.3 Å². The van der Waals surface area contributed by atoms with Crippen LogP contribution < -0.4 is 9.64 Å². The molecule has 3 aromatic rings. The Kier molecular flexibility index (Phi) is 7.51. The van der Waals surface area contributed by atoms with E-state index >= 15 is 0 Å². The molecule has 0 atom stereocenters. The highest BCUT2D eigenvalue weighted by Gasteiger charge is 2.27. The summed E-state index contributed by atoms with van der Waals surface area (Å²) < 4.78 is 5.98. The molecule has 1 saturated heterocycles. The maximum absolute atomic E-state index is 12.9. The highest BCUT2D eigenvalue weighted by atomic mass is 35.5. The highest BCUT2D eigenvalue weighted by Crippen LogP contribution is 2.35. The molecule has 2 heterocycles. The van der Waals surface area contributed by atoms with Crippen molar-refractivity contribution in [3.05, 3.63) is 64.7 Å². The first-order valence-electron chi connectivity index (χ1n) is 11.4. The molecule has 1 fully saturated rings. The Morgan fingerprint density at radius 1 is 1.12 bits per heavy atom. The number of ether oxygens (including phenoxy) is 1. The van der Waals surface area contributed by atoms with Gasteiger partial charge in [0.15, 0.2) is 0 Å². The minimum Gasteiger partial charge on any atom is -0.477 e. The number of pyridine rings is 1. The molecule has 4 rings (SSSR count). The molecule has 0 bridgehead atoms. The van der Waals surface area contributed by atoms with Gasteiger partial charge in [-0.2, -0.15) is 5.26 Å². The number of aromatic nitrogens is 1. The molecule has 0 aliphatic carbocycles. The van der Waals surface area contributed by atoms with E-state index in [9.17, 15) is 10.1 Å². The second-order valence-electron chi connectivity index (χ2n) is 8.56. The van der Waals surface area contributed by atoms with Crippen molar-refractivity contribution in [3.63, 3.8) is 0 Å². The molecule has 7 nitrogen and oxygen atoms in total. The first-order chi connectivity index (χ1) is 16.5. The number of halogens is 1. The fourth-order valence-electron chi connectivity index (χ4n) is 4.16. The zero-order valence-electron chi connectivity index (χ0n) is 19.5. The van der Waals surface area contributed by atoms with Crippen LogP contribution in [0.25, 0.3) is 10.9 Å². The lowest BCUT2D eigenvalue weighted by molar-refractivity contribution is 0.0747. The van der Waals surface area contributed by atoms with Gasteiger partial charge in [0.1, 0.15) is 11.6 Å². The Bertz CT molecular complexity index is 1200. The average molecular weight is 478 g/mol. The molecule has 1 aliphatic rings. The number of carbonyl (C=O) groups excluding carboxylic acids is 1. The normalized spacial score (nSPS) is 13.9. The van der Waals surface area contributed by atoms with Crippen molar-refractivity contribution in [1.82, 2.24) is 14.8 Å². The van der Waals surface area contributed by atoms with Gasteiger partial charge < -0.3 is 19.4 Å². The van der Waals surface area contributed by atoms with Crippen LogP contribution in [0.15, 0.2) is 48.5 Å². The number of nitrogens with zero attached hydrogens (tertiary/aromatic N) is 5. The van der Waals surface area contributed by atoms with Crippen molar-refractivity contribution < 1.29 is 9.53 Å². The third kappa shape index (κ3) is 5.24. The fourth-order valence-corrected chi connectivity index (χ4v) is 4.29. The molecule has 34 heavy (non-hydrogen) atoms. The summed E-state index contributed by atoms with van der Waals surface area (Å²) in [5, 5.41) is 11.6. The van der Waals surface area contributed by atoms with E-state index in [1.807, 2.05) is 43.3 Å². The molecule has 0 spiro atoms. The number of hydrogen-bond donors (Lipinski definition) is 0. The van der Waals surface area contributed by atoms with E-state index in [0.717, 1.165) is 29.6 Å². The van der Waals surface area contributed by atoms with Crippen LogP contribution in [0.1, 0.15) is 22.3 Å². The van der Waals surface area contributed by atoms with E-state index < -0.39 is 0 Å². The molecular weight excluding hydrogens is 450 g/mol. The zero-order valence-corrected chi connectivity index (χ0v) is 20.3. The quantitative estimate of drug-likeness (QED) is 0.478. The number of fused-ring (bicyclic) bond motifs is 1. The standard InChI is InChI=1S/C26H28ClN5O2/c1-30(2)12-5-17-34-25-22(18-28)24(21-6-3-4-7-23(21)29-25)31-13-15-32(16-14-31)26(33)19-8-10-20(27)11-9-19/h3-4,6-11H,5,12-17H2,1-2H3. The minimum atomic E-state index is -0.0127. The number of rotatable bonds is 7. The molecule has 0 saturated carbocycles. The lowest BCUT2D eigenvalue weighted by Crippen LogP contribution is -2.49. The molecule has 1 aliphatic heterocycles. The van der Waals surface area contributed by atoms with Gasteiger partial charge in [-0.3, -0.25) is 4.79 Å². The number of piperazine rings is 1. The fraction of sp³-hybridized carbons (Fsp3) is 0.346. The lowest BCUT2D eigenvalue weighted by atomic mass is 10.1. The van der Waals surface area contributed by atoms with Gasteiger partial charge in [-0.05, 0) is 50.8 Å². The van der Waals surface area contributed by atoms with Gasteiger partial charge in [0.2, 0.25) is 5.88 Å². The van der Waals surface area contributed by atoms with E-state index in [0.29, 0.717) is 54.8 Å². The van der Waals surface area contributed by atoms with Gasteiger partial charge in [-0.25, -0.2) is 4.98 Å². The van der Waals surface area contributed by atoms with Gasteiger partial charge >= 0.3 is 0 Å². The maximum atomic E-state index is 12.9. The summed E-state index contributed by atoms with van der Waals surface area (Å²) in [7, 11) is 4.04. The van der Waals surface area contributed by atoms with E-state index in [1.54, 1.807) is 24.3 Å². The third-order valence-corrected chi connectivity index (χ3v) is 6.16. The van der Waals surface area contributed by atoms with Gasteiger partial charge in [0.25, 0.3) is 5.91 Å². The average Bonchev–Trinajstić information content (AvgIpc) is 2.85. The van der Waals surface area contributed by atoms with Crippen molar-refractivity contribution in [3.8, 4) is 11.9 Å². The Labute approximate surface area is 205 Å². The highest BCUT2D eigenvalue weighted by molar-refractivity contribution is 6.30. The number of para-hydroxylation sites is 1. The van der Waals surface area contributed by atoms with Gasteiger partial charge in [-0.1, -0.05) is 29.8 Å². The SMILES string of the molecule is CN(C)CCCOc1nc2ccccc2c(N2CCN(C(=O)c3ccc(Cl)cc3)CC2)c1C#N. The molecule has 8 heteroatoms. The van der Waals surface area contributed by atoms with E-state index in [2.05, 4.69) is 20.9 Å². The van der Waals surface area contributed by atoms with Crippen molar-refractivity contribution in [2.24, 2.45) is 0 Å². The summed E-state index contributed by atoms with van der Waals surface area (Å²) in [5.74, 6) is 0.357. The lowest BCUT2D eigenvalue weighted by Gasteiger charge is -2.37. The van der Waals surface area contributed by atoms with Gasteiger partial charge in [0.05, 0.1) is 17.8 Å². The maximum Gasteiger partial charge on any atom is 0.253 e. The number of nitriles is 1. The Morgan fingerprint density at radius 2 is 1.82 bits per heavy atom. The van der Waals surface area contributed by atoms with Crippen LogP contribution in [-0.2, 0) is 0 Å². The van der Waals surface area contributed by atoms with E-state index in [-0.39, 0.29) is 5.91 Å². The smallest absolute Gasteiger partial charge is 0.253 e. The van der Waals surface area contributed by atoms with Gasteiger partial charge in [0, 0.05) is 48.7 Å². The molecular formula is C26H28ClN5O2. The predicted octanol–water partition coefficient (Wildman–Crippen LogP) is 4.05. The molecule has 1 amide bonds. The first kappa shape index (κ1) is 23.8. The van der Waals surface area contributed by atoms with Crippen molar-refractivity contribution in [2.75, 3.05) is 58.3 Å². The van der Waals surface area contributed by atoms with E-state index in [4.69, 9.17) is 16.3 Å². The molecule has 2 aromatic carbocycles.